The Labute approximate surface area is 133 Å². The summed E-state index contributed by atoms with van der Waals surface area (Å²) in [6, 6.07) is 5.76. The van der Waals surface area contributed by atoms with Gasteiger partial charge in [0.15, 0.2) is 5.60 Å². The van der Waals surface area contributed by atoms with Gasteiger partial charge in [0.25, 0.3) is 0 Å². The number of rotatable bonds is 7. The number of urea groups is 1. The predicted octanol–water partition coefficient (Wildman–Crippen LogP) is 0.0463. The van der Waals surface area contributed by atoms with Crippen LogP contribution in [0.3, 0.4) is 0 Å². The van der Waals surface area contributed by atoms with Crippen molar-refractivity contribution in [2.75, 3.05) is 6.54 Å². The van der Waals surface area contributed by atoms with Crippen LogP contribution in [0.2, 0.25) is 0 Å². The highest BCUT2D eigenvalue weighted by molar-refractivity contribution is 5.81. The maximum atomic E-state index is 12.0. The molecule has 0 saturated heterocycles. The molecule has 1 aromatic carbocycles. The average molecular weight is 323 g/mol. The van der Waals surface area contributed by atoms with E-state index in [1.54, 1.807) is 12.1 Å². The Morgan fingerprint density at radius 1 is 1.30 bits per heavy atom. The normalized spacial score (nSPS) is 14.4. The third-order valence-corrected chi connectivity index (χ3v) is 3.36. The van der Waals surface area contributed by atoms with E-state index in [9.17, 15) is 19.5 Å². The molecular formula is C15H21N3O5. The van der Waals surface area contributed by atoms with Gasteiger partial charge in [-0.2, -0.15) is 0 Å². The third kappa shape index (κ3) is 5.59. The van der Waals surface area contributed by atoms with Crippen LogP contribution in [0.25, 0.3) is 0 Å². The number of nitrogens with two attached hydrogens (primary N) is 1. The number of carbonyl (C=O) groups excluding carboxylic acids is 2. The van der Waals surface area contributed by atoms with Crippen molar-refractivity contribution in [2.24, 2.45) is 5.73 Å². The maximum Gasteiger partial charge on any atom is 0.337 e. The van der Waals surface area contributed by atoms with Crippen molar-refractivity contribution in [3.8, 4) is 0 Å². The van der Waals surface area contributed by atoms with Gasteiger partial charge < -0.3 is 26.6 Å². The Hall–Kier alpha value is -2.61. The van der Waals surface area contributed by atoms with E-state index in [2.05, 4.69) is 10.6 Å². The van der Waals surface area contributed by atoms with E-state index >= 15 is 0 Å². The van der Waals surface area contributed by atoms with Crippen LogP contribution in [-0.4, -0.2) is 40.3 Å². The predicted molar refractivity (Wildman–Crippen MR) is 82.5 cm³/mol. The summed E-state index contributed by atoms with van der Waals surface area (Å²) in [5.74, 6) is -1.96. The fourth-order valence-electron chi connectivity index (χ4n) is 1.99. The smallest absolute Gasteiger partial charge is 0.337 e. The van der Waals surface area contributed by atoms with Crippen LogP contribution in [0.4, 0.5) is 4.79 Å². The van der Waals surface area contributed by atoms with Crippen LogP contribution in [-0.2, 0) is 9.59 Å². The number of benzene rings is 1. The first-order valence-corrected chi connectivity index (χ1v) is 6.97. The summed E-state index contributed by atoms with van der Waals surface area (Å²) < 4.78 is 0. The lowest BCUT2D eigenvalue weighted by Gasteiger charge is -2.22. The summed E-state index contributed by atoms with van der Waals surface area (Å²) in [6.07, 6.45) is -0.135. The number of carboxylic acids is 1. The topological polar surface area (TPSA) is 142 Å². The summed E-state index contributed by atoms with van der Waals surface area (Å²) >= 11 is 0. The fourth-order valence-corrected chi connectivity index (χ4v) is 1.99. The molecule has 1 aromatic rings. The lowest BCUT2D eigenvalue weighted by atomic mass is 9.98. The molecule has 126 valence electrons. The van der Waals surface area contributed by atoms with Gasteiger partial charge in [0.2, 0.25) is 5.91 Å². The molecule has 0 aliphatic heterocycles. The van der Waals surface area contributed by atoms with Gasteiger partial charge in [-0.1, -0.05) is 24.3 Å². The lowest BCUT2D eigenvalue weighted by Crippen LogP contribution is -2.47. The van der Waals surface area contributed by atoms with E-state index in [-0.39, 0.29) is 6.42 Å². The van der Waals surface area contributed by atoms with Gasteiger partial charge in [0, 0.05) is 0 Å². The molecule has 8 nitrogen and oxygen atoms in total. The Morgan fingerprint density at radius 2 is 1.91 bits per heavy atom. The molecule has 3 amide bonds. The van der Waals surface area contributed by atoms with E-state index in [1.165, 1.54) is 0 Å². The first kappa shape index (κ1) is 18.4. The highest BCUT2D eigenvalue weighted by Crippen LogP contribution is 2.20. The second-order valence-electron chi connectivity index (χ2n) is 5.48. The number of aliphatic hydroxyl groups is 1. The molecule has 0 radical (unpaired) electrons. The fraction of sp³-hybridized carbons (Fsp3) is 0.400. The lowest BCUT2D eigenvalue weighted by molar-refractivity contribution is -0.156. The molecule has 0 fully saturated rings. The number of aryl methyl sites for hydroxylation is 1. The molecule has 0 spiro atoms. The number of carbonyl (C=O) groups is 3. The molecule has 0 aromatic heterocycles. The molecule has 8 heteroatoms. The van der Waals surface area contributed by atoms with Crippen LogP contribution in [0.15, 0.2) is 24.3 Å². The third-order valence-electron chi connectivity index (χ3n) is 3.36. The Kier molecular flexibility index (Phi) is 6.09. The molecule has 6 N–H and O–H groups in total. The van der Waals surface area contributed by atoms with Crippen molar-refractivity contribution in [2.45, 2.75) is 31.9 Å². The van der Waals surface area contributed by atoms with Crippen molar-refractivity contribution in [3.05, 3.63) is 35.4 Å². The van der Waals surface area contributed by atoms with Gasteiger partial charge in [0.05, 0.1) is 19.0 Å². The second kappa shape index (κ2) is 7.59. The monoisotopic (exact) mass is 323 g/mol. The van der Waals surface area contributed by atoms with Crippen LogP contribution < -0.4 is 16.4 Å². The van der Waals surface area contributed by atoms with E-state index in [0.29, 0.717) is 0 Å². The van der Waals surface area contributed by atoms with Crippen molar-refractivity contribution < 1.29 is 24.6 Å². The summed E-state index contributed by atoms with van der Waals surface area (Å²) in [4.78, 5) is 33.9. The van der Waals surface area contributed by atoms with Gasteiger partial charge >= 0.3 is 12.0 Å². The number of carboxylic acid groups (broad SMARTS) is 1. The van der Waals surface area contributed by atoms with Crippen molar-refractivity contribution >= 4 is 17.9 Å². The number of nitrogens with one attached hydrogen (secondary N) is 2. The molecule has 23 heavy (non-hydrogen) atoms. The SMILES string of the molecule is Cc1ccccc1C(CC(=O)NCC(C)(O)C(=O)O)NC(N)=O. The summed E-state index contributed by atoms with van der Waals surface area (Å²) in [5, 5.41) is 23.2. The Bertz CT molecular complexity index is 601. The average Bonchev–Trinajstić information content (AvgIpc) is 2.44. The molecule has 0 bridgehead atoms. The van der Waals surface area contributed by atoms with Gasteiger partial charge in [-0.05, 0) is 25.0 Å². The Balaban J connectivity index is 2.78. The van der Waals surface area contributed by atoms with Gasteiger partial charge in [0.1, 0.15) is 0 Å². The zero-order chi connectivity index (χ0) is 17.6. The van der Waals surface area contributed by atoms with Crippen LogP contribution in [0, 0.1) is 6.92 Å². The minimum Gasteiger partial charge on any atom is -0.479 e. The maximum absolute atomic E-state index is 12.0. The molecule has 2 atom stereocenters. The van der Waals surface area contributed by atoms with Gasteiger partial charge in [-0.25, -0.2) is 9.59 Å². The summed E-state index contributed by atoms with van der Waals surface area (Å²) in [7, 11) is 0. The number of aliphatic carboxylic acids is 1. The summed E-state index contributed by atoms with van der Waals surface area (Å²) in [6.45, 7) is 2.46. The zero-order valence-corrected chi connectivity index (χ0v) is 13.0. The zero-order valence-electron chi connectivity index (χ0n) is 13.0. The number of hydrogen-bond acceptors (Lipinski definition) is 4. The van der Waals surface area contributed by atoms with E-state index < -0.39 is 36.1 Å². The van der Waals surface area contributed by atoms with Gasteiger partial charge in [-0.3, -0.25) is 4.79 Å². The molecule has 1 rings (SSSR count). The van der Waals surface area contributed by atoms with Crippen molar-refractivity contribution in [1.29, 1.82) is 0 Å². The highest BCUT2D eigenvalue weighted by atomic mass is 16.4. The highest BCUT2D eigenvalue weighted by Gasteiger charge is 2.30. The van der Waals surface area contributed by atoms with E-state index in [1.807, 2.05) is 19.1 Å². The van der Waals surface area contributed by atoms with Crippen LogP contribution >= 0.6 is 0 Å². The molecule has 0 heterocycles. The number of amides is 3. The van der Waals surface area contributed by atoms with Crippen LogP contribution in [0.5, 0.6) is 0 Å². The Morgan fingerprint density at radius 3 is 2.43 bits per heavy atom. The molecular weight excluding hydrogens is 302 g/mol. The van der Waals surface area contributed by atoms with Gasteiger partial charge in [-0.15, -0.1) is 0 Å². The summed E-state index contributed by atoms with van der Waals surface area (Å²) in [5.41, 5.74) is 4.68. The van der Waals surface area contributed by atoms with Crippen molar-refractivity contribution in [1.82, 2.24) is 10.6 Å². The van der Waals surface area contributed by atoms with Crippen molar-refractivity contribution in [3.63, 3.8) is 0 Å². The molecule has 0 saturated carbocycles. The van der Waals surface area contributed by atoms with E-state index in [0.717, 1.165) is 18.1 Å². The first-order chi connectivity index (χ1) is 10.6. The molecule has 0 aliphatic rings. The van der Waals surface area contributed by atoms with E-state index in [4.69, 9.17) is 10.8 Å². The standard InChI is InChI=1S/C15H21N3O5/c1-9-5-3-4-6-10(9)11(18-14(16)22)7-12(19)17-8-15(2,23)13(20)21/h3-6,11,23H,7-8H2,1-2H3,(H,17,19)(H,20,21)(H3,16,18,22). The quantitative estimate of drug-likeness (QED) is 0.482. The van der Waals surface area contributed by atoms with Crippen LogP contribution in [0.1, 0.15) is 30.5 Å². The first-order valence-electron chi connectivity index (χ1n) is 6.97. The number of primary amides is 1. The minimum atomic E-state index is -2.06. The molecule has 2 unspecified atom stereocenters. The second-order valence-corrected chi connectivity index (χ2v) is 5.48. The number of hydrogen-bond donors (Lipinski definition) is 5. The largest absolute Gasteiger partial charge is 0.479 e. The molecule has 0 aliphatic carbocycles. The minimum absolute atomic E-state index is 0.135.